The minimum atomic E-state index is -0.133. The number of carbonyl (C=O) groups excluding carboxylic acids is 1. The van der Waals surface area contributed by atoms with Crippen LogP contribution in [0.5, 0.6) is 5.75 Å². The molecule has 0 bridgehead atoms. The molecule has 1 amide bonds. The first kappa shape index (κ1) is 17.3. The first-order valence-corrected chi connectivity index (χ1v) is 8.13. The molecule has 0 aliphatic carbocycles. The number of carbonyl (C=O) groups is 1. The van der Waals surface area contributed by atoms with Crippen molar-refractivity contribution in [3.05, 3.63) is 46.2 Å². The van der Waals surface area contributed by atoms with Crippen LogP contribution in [0.3, 0.4) is 0 Å². The van der Waals surface area contributed by atoms with Gasteiger partial charge in [-0.1, -0.05) is 24.9 Å². The van der Waals surface area contributed by atoms with Gasteiger partial charge in [0.1, 0.15) is 11.4 Å². The molecule has 124 valence electrons. The molecular weight excluding hydrogens is 314 g/mol. The molecule has 0 spiro atoms. The van der Waals surface area contributed by atoms with Gasteiger partial charge in [-0.25, -0.2) is 0 Å². The molecule has 0 unspecified atom stereocenters. The molecule has 2 aromatic rings. The number of amides is 1. The summed E-state index contributed by atoms with van der Waals surface area (Å²) in [6.45, 7) is 4.98. The van der Waals surface area contributed by atoms with Crippen molar-refractivity contribution < 1.29 is 9.53 Å². The number of nitrogens with one attached hydrogen (secondary N) is 1. The number of aromatic nitrogens is 2. The number of nitrogens with zero attached hydrogens (tertiary/aromatic N) is 2. The van der Waals surface area contributed by atoms with Crippen molar-refractivity contribution in [1.82, 2.24) is 15.1 Å². The molecule has 0 saturated heterocycles. The summed E-state index contributed by atoms with van der Waals surface area (Å²) in [6.07, 6.45) is 1.89. The number of aromatic amines is 1. The van der Waals surface area contributed by atoms with Gasteiger partial charge in [0.15, 0.2) is 0 Å². The number of halogens is 1. The number of rotatable bonds is 7. The molecule has 1 aromatic heterocycles. The molecule has 0 aliphatic rings. The zero-order chi connectivity index (χ0) is 16.8. The molecule has 1 heterocycles. The highest BCUT2D eigenvalue weighted by Crippen LogP contribution is 2.24. The fourth-order valence-corrected chi connectivity index (χ4v) is 2.55. The highest BCUT2D eigenvalue weighted by molar-refractivity contribution is 6.30. The van der Waals surface area contributed by atoms with Gasteiger partial charge in [-0.2, -0.15) is 5.10 Å². The summed E-state index contributed by atoms with van der Waals surface area (Å²) in [6, 6.07) is 7.24. The van der Waals surface area contributed by atoms with E-state index in [1.165, 1.54) is 0 Å². The van der Waals surface area contributed by atoms with Gasteiger partial charge in [0.05, 0.1) is 6.61 Å². The standard InChI is InChI=1S/C17H22ClN3O2/c1-4-6-14-10-15(20-19-14)17(22)21(3)11-12-9-13(18)7-8-16(12)23-5-2/h7-10H,4-6,11H2,1-3H3,(H,19,20). The first-order chi connectivity index (χ1) is 11.0. The van der Waals surface area contributed by atoms with Crippen molar-refractivity contribution in [3.63, 3.8) is 0 Å². The summed E-state index contributed by atoms with van der Waals surface area (Å²) in [7, 11) is 1.74. The van der Waals surface area contributed by atoms with Crippen LogP contribution in [0.4, 0.5) is 0 Å². The summed E-state index contributed by atoms with van der Waals surface area (Å²) in [5, 5.41) is 7.62. The van der Waals surface area contributed by atoms with Crippen LogP contribution >= 0.6 is 11.6 Å². The second-order valence-corrected chi connectivity index (χ2v) is 5.81. The van der Waals surface area contributed by atoms with Gasteiger partial charge in [-0.05, 0) is 37.6 Å². The van der Waals surface area contributed by atoms with Crippen LogP contribution in [0.1, 0.15) is 42.0 Å². The molecule has 1 aromatic carbocycles. The molecule has 0 fully saturated rings. The number of H-pyrrole nitrogens is 1. The maximum Gasteiger partial charge on any atom is 0.274 e. The van der Waals surface area contributed by atoms with Crippen molar-refractivity contribution in [3.8, 4) is 5.75 Å². The fourth-order valence-electron chi connectivity index (χ4n) is 2.36. The van der Waals surface area contributed by atoms with Crippen molar-refractivity contribution in [2.75, 3.05) is 13.7 Å². The molecule has 0 radical (unpaired) electrons. The van der Waals surface area contributed by atoms with Crippen LogP contribution in [-0.2, 0) is 13.0 Å². The van der Waals surface area contributed by atoms with Crippen LogP contribution in [0.25, 0.3) is 0 Å². The Kier molecular flexibility index (Phi) is 6.04. The summed E-state index contributed by atoms with van der Waals surface area (Å²) in [5.41, 5.74) is 2.28. The molecule has 1 N–H and O–H groups in total. The lowest BCUT2D eigenvalue weighted by Gasteiger charge is -2.18. The third kappa shape index (κ3) is 4.48. The Labute approximate surface area is 141 Å². The number of hydrogen-bond donors (Lipinski definition) is 1. The van der Waals surface area contributed by atoms with E-state index in [1.807, 2.05) is 25.1 Å². The third-order valence-corrected chi connectivity index (χ3v) is 3.68. The fraction of sp³-hybridized carbons (Fsp3) is 0.412. The van der Waals surface area contributed by atoms with E-state index in [-0.39, 0.29) is 5.91 Å². The molecule has 0 aliphatic heterocycles. The number of benzene rings is 1. The predicted octanol–water partition coefficient (Wildman–Crippen LogP) is 3.69. The van der Waals surface area contributed by atoms with Crippen LogP contribution in [0.15, 0.2) is 24.3 Å². The summed E-state index contributed by atoms with van der Waals surface area (Å²) in [4.78, 5) is 14.1. The Morgan fingerprint density at radius 3 is 2.83 bits per heavy atom. The molecule has 0 atom stereocenters. The second kappa shape index (κ2) is 8.02. The highest BCUT2D eigenvalue weighted by atomic mass is 35.5. The van der Waals surface area contributed by atoms with E-state index < -0.39 is 0 Å². The Bertz CT molecular complexity index is 670. The van der Waals surface area contributed by atoms with Crippen LogP contribution in [0, 0.1) is 0 Å². The Hall–Kier alpha value is -2.01. The third-order valence-electron chi connectivity index (χ3n) is 3.45. The van der Waals surface area contributed by atoms with Gasteiger partial charge in [0.2, 0.25) is 0 Å². The quantitative estimate of drug-likeness (QED) is 0.839. The van der Waals surface area contributed by atoms with Crippen LogP contribution < -0.4 is 4.74 Å². The Morgan fingerprint density at radius 1 is 1.35 bits per heavy atom. The number of hydrogen-bond acceptors (Lipinski definition) is 3. The number of ether oxygens (including phenoxy) is 1. The van der Waals surface area contributed by atoms with Gasteiger partial charge in [0, 0.05) is 29.9 Å². The molecule has 5 nitrogen and oxygen atoms in total. The Balaban J connectivity index is 2.12. The molecule has 0 saturated carbocycles. The second-order valence-electron chi connectivity index (χ2n) is 5.37. The topological polar surface area (TPSA) is 58.2 Å². The summed E-state index contributed by atoms with van der Waals surface area (Å²) in [5.74, 6) is 0.608. The molecule has 2 rings (SSSR count). The van der Waals surface area contributed by atoms with Gasteiger partial charge >= 0.3 is 0 Å². The van der Waals surface area contributed by atoms with E-state index in [0.717, 1.165) is 29.8 Å². The van der Waals surface area contributed by atoms with E-state index in [0.29, 0.717) is 23.9 Å². The van der Waals surface area contributed by atoms with E-state index in [1.54, 1.807) is 18.0 Å². The van der Waals surface area contributed by atoms with E-state index in [2.05, 4.69) is 17.1 Å². The lowest BCUT2D eigenvalue weighted by Crippen LogP contribution is -2.26. The molecule has 23 heavy (non-hydrogen) atoms. The monoisotopic (exact) mass is 335 g/mol. The molecular formula is C17H22ClN3O2. The highest BCUT2D eigenvalue weighted by Gasteiger charge is 2.17. The number of aryl methyl sites for hydroxylation is 1. The van der Waals surface area contributed by atoms with E-state index in [9.17, 15) is 4.79 Å². The molecule has 6 heteroatoms. The van der Waals surface area contributed by atoms with Crippen LogP contribution in [0.2, 0.25) is 5.02 Å². The minimum absolute atomic E-state index is 0.133. The van der Waals surface area contributed by atoms with Crippen LogP contribution in [-0.4, -0.2) is 34.7 Å². The van der Waals surface area contributed by atoms with Gasteiger partial charge < -0.3 is 9.64 Å². The SMILES string of the molecule is CCCc1cc(C(=O)N(C)Cc2cc(Cl)ccc2OCC)n[nH]1. The zero-order valence-electron chi connectivity index (χ0n) is 13.7. The maximum atomic E-state index is 12.5. The van der Waals surface area contributed by atoms with E-state index >= 15 is 0 Å². The van der Waals surface area contributed by atoms with Gasteiger partial charge in [-0.3, -0.25) is 9.89 Å². The summed E-state index contributed by atoms with van der Waals surface area (Å²) >= 11 is 6.06. The smallest absolute Gasteiger partial charge is 0.274 e. The van der Waals surface area contributed by atoms with Crippen molar-refractivity contribution in [1.29, 1.82) is 0 Å². The largest absolute Gasteiger partial charge is 0.494 e. The van der Waals surface area contributed by atoms with Crippen molar-refractivity contribution in [2.45, 2.75) is 33.2 Å². The average Bonchev–Trinajstić information content (AvgIpc) is 2.98. The lowest BCUT2D eigenvalue weighted by molar-refractivity contribution is 0.0778. The normalized spacial score (nSPS) is 10.6. The van der Waals surface area contributed by atoms with Crippen molar-refractivity contribution >= 4 is 17.5 Å². The maximum absolute atomic E-state index is 12.5. The first-order valence-electron chi connectivity index (χ1n) is 7.76. The predicted molar refractivity (Wildman–Crippen MR) is 91.0 cm³/mol. The lowest BCUT2D eigenvalue weighted by atomic mass is 10.2. The summed E-state index contributed by atoms with van der Waals surface area (Å²) < 4.78 is 5.60. The van der Waals surface area contributed by atoms with Crippen molar-refractivity contribution in [2.24, 2.45) is 0 Å². The minimum Gasteiger partial charge on any atom is -0.494 e. The van der Waals surface area contributed by atoms with Gasteiger partial charge in [0.25, 0.3) is 5.91 Å². The van der Waals surface area contributed by atoms with E-state index in [4.69, 9.17) is 16.3 Å². The van der Waals surface area contributed by atoms with Gasteiger partial charge in [-0.15, -0.1) is 0 Å². The zero-order valence-corrected chi connectivity index (χ0v) is 14.5. The average molecular weight is 336 g/mol. The Morgan fingerprint density at radius 2 is 2.13 bits per heavy atom.